The van der Waals surface area contributed by atoms with E-state index in [2.05, 4.69) is 30.7 Å². The van der Waals surface area contributed by atoms with Gasteiger partial charge in [-0.2, -0.15) is 0 Å². The first-order chi connectivity index (χ1) is 19.0. The number of hydrogen-bond acceptors (Lipinski definition) is 8. The maximum atomic E-state index is 13.7. The Morgan fingerprint density at radius 1 is 1.13 bits per heavy atom. The van der Waals surface area contributed by atoms with Crippen LogP contribution in [0.1, 0.15) is 33.5 Å². The molecule has 5 aromatic rings. The first-order valence-corrected chi connectivity index (χ1v) is 12.0. The molecule has 12 heteroatoms. The molecule has 1 unspecified atom stereocenters. The molecule has 39 heavy (non-hydrogen) atoms. The summed E-state index contributed by atoms with van der Waals surface area (Å²) in [7, 11) is 0. The van der Waals surface area contributed by atoms with Crippen LogP contribution in [0.5, 0.6) is 0 Å². The van der Waals surface area contributed by atoms with E-state index >= 15 is 0 Å². The molecule has 0 aliphatic rings. The SMILES string of the molecule is Cc1nnn(-c2ccc(N(C(=O)c3cocn3)C(C(=O)NCCc3cccc(F)c3)c3cccnc3)cc2)n1. The number of tetrazole rings is 1. The molecular formula is C27H23FN8O3. The van der Waals surface area contributed by atoms with Gasteiger partial charge in [0.05, 0.1) is 5.69 Å². The minimum atomic E-state index is -1.10. The standard InChI is InChI=1S/C27H23FN8O3/c1-18-32-34-36(33-18)23-9-7-22(8-10-23)35(27(38)24-16-39-17-31-24)25(20-5-3-12-29-15-20)26(37)30-13-11-19-4-2-6-21(28)14-19/h2-10,12,14-17,25H,11,13H2,1H3,(H,30,37). The first kappa shape index (κ1) is 25.4. The second-order valence-electron chi connectivity index (χ2n) is 8.55. The third-order valence-corrected chi connectivity index (χ3v) is 5.85. The molecule has 5 rings (SSSR count). The molecule has 11 nitrogen and oxygen atoms in total. The summed E-state index contributed by atoms with van der Waals surface area (Å²) in [5.41, 5.74) is 2.27. The Kier molecular flexibility index (Phi) is 7.44. The number of nitrogens with one attached hydrogen (secondary N) is 1. The lowest BCUT2D eigenvalue weighted by atomic mass is 10.0. The number of pyridine rings is 1. The highest BCUT2D eigenvalue weighted by Gasteiger charge is 2.34. The molecule has 0 fully saturated rings. The molecule has 0 saturated carbocycles. The van der Waals surface area contributed by atoms with E-state index in [9.17, 15) is 14.0 Å². The van der Waals surface area contributed by atoms with Crippen molar-refractivity contribution < 1.29 is 18.4 Å². The van der Waals surface area contributed by atoms with Crippen molar-refractivity contribution in [1.29, 1.82) is 0 Å². The summed E-state index contributed by atoms with van der Waals surface area (Å²) in [5, 5.41) is 14.9. The molecule has 1 N–H and O–H groups in total. The van der Waals surface area contributed by atoms with Gasteiger partial charge < -0.3 is 9.73 Å². The highest BCUT2D eigenvalue weighted by atomic mass is 19.1. The Bertz CT molecular complexity index is 1560. The molecule has 0 saturated heterocycles. The predicted molar refractivity (Wildman–Crippen MR) is 137 cm³/mol. The summed E-state index contributed by atoms with van der Waals surface area (Å²) >= 11 is 0. The maximum Gasteiger partial charge on any atom is 0.281 e. The smallest absolute Gasteiger partial charge is 0.281 e. The van der Waals surface area contributed by atoms with Crippen LogP contribution >= 0.6 is 0 Å². The van der Waals surface area contributed by atoms with Crippen LogP contribution in [-0.4, -0.2) is 48.5 Å². The van der Waals surface area contributed by atoms with E-state index in [0.29, 0.717) is 29.2 Å². The summed E-state index contributed by atoms with van der Waals surface area (Å²) in [6.45, 7) is 1.95. The largest absolute Gasteiger partial charge is 0.451 e. The number of anilines is 1. The van der Waals surface area contributed by atoms with Gasteiger partial charge in [0.2, 0.25) is 5.91 Å². The van der Waals surface area contributed by atoms with E-state index < -0.39 is 17.9 Å². The summed E-state index contributed by atoms with van der Waals surface area (Å²) in [5.74, 6) is -0.848. The normalized spacial score (nSPS) is 11.6. The number of benzene rings is 2. The van der Waals surface area contributed by atoms with Crippen LogP contribution < -0.4 is 10.2 Å². The number of nitrogens with zero attached hydrogens (tertiary/aromatic N) is 7. The van der Waals surface area contributed by atoms with Gasteiger partial charge in [-0.3, -0.25) is 19.5 Å². The van der Waals surface area contributed by atoms with Crippen LogP contribution in [0.25, 0.3) is 5.69 Å². The van der Waals surface area contributed by atoms with Gasteiger partial charge in [-0.25, -0.2) is 9.37 Å². The molecule has 3 heterocycles. The average Bonchev–Trinajstić information content (AvgIpc) is 3.64. The Hall–Kier alpha value is -5.26. The molecule has 0 spiro atoms. The fourth-order valence-electron chi connectivity index (χ4n) is 4.04. The fraction of sp³-hybridized carbons (Fsp3) is 0.148. The summed E-state index contributed by atoms with van der Waals surface area (Å²) in [6, 6.07) is 15.2. The summed E-state index contributed by atoms with van der Waals surface area (Å²) in [6.07, 6.45) is 5.86. The number of halogens is 1. The van der Waals surface area contributed by atoms with Crippen molar-refractivity contribution in [3.63, 3.8) is 0 Å². The van der Waals surface area contributed by atoms with E-state index in [1.54, 1.807) is 61.7 Å². The number of amides is 2. The highest BCUT2D eigenvalue weighted by Crippen LogP contribution is 2.30. The third-order valence-electron chi connectivity index (χ3n) is 5.85. The average molecular weight is 527 g/mol. The number of aromatic nitrogens is 6. The summed E-state index contributed by atoms with van der Waals surface area (Å²) < 4.78 is 18.6. The van der Waals surface area contributed by atoms with Crippen molar-refractivity contribution in [2.24, 2.45) is 0 Å². The van der Waals surface area contributed by atoms with Gasteiger partial charge in [-0.15, -0.1) is 15.0 Å². The van der Waals surface area contributed by atoms with E-state index in [4.69, 9.17) is 4.42 Å². The van der Waals surface area contributed by atoms with Gasteiger partial charge in [0.25, 0.3) is 5.91 Å². The Morgan fingerprint density at radius 2 is 1.97 bits per heavy atom. The second-order valence-corrected chi connectivity index (χ2v) is 8.55. The molecule has 3 aromatic heterocycles. The number of rotatable bonds is 9. The van der Waals surface area contributed by atoms with E-state index in [1.165, 1.54) is 34.3 Å². The molecule has 0 bridgehead atoms. The fourth-order valence-corrected chi connectivity index (χ4v) is 4.04. The minimum absolute atomic E-state index is 0.0223. The van der Waals surface area contributed by atoms with Crippen molar-refractivity contribution in [2.45, 2.75) is 19.4 Å². The molecule has 0 aliphatic carbocycles. The van der Waals surface area contributed by atoms with Crippen molar-refractivity contribution in [1.82, 2.24) is 35.5 Å². The monoisotopic (exact) mass is 526 g/mol. The topological polar surface area (TPSA) is 132 Å². The molecule has 1 atom stereocenters. The van der Waals surface area contributed by atoms with Gasteiger partial charge >= 0.3 is 0 Å². The highest BCUT2D eigenvalue weighted by molar-refractivity contribution is 6.09. The zero-order valence-electron chi connectivity index (χ0n) is 20.8. The Morgan fingerprint density at radius 3 is 2.64 bits per heavy atom. The molecular weight excluding hydrogens is 503 g/mol. The van der Waals surface area contributed by atoms with Gasteiger partial charge in [0, 0.05) is 30.2 Å². The lowest BCUT2D eigenvalue weighted by Crippen LogP contribution is -2.44. The number of carbonyl (C=O) groups excluding carboxylic acids is 2. The number of aryl methyl sites for hydroxylation is 1. The van der Waals surface area contributed by atoms with E-state index in [0.717, 1.165) is 12.0 Å². The van der Waals surface area contributed by atoms with Crippen molar-refractivity contribution in [3.05, 3.63) is 114 Å². The molecule has 2 aromatic carbocycles. The third kappa shape index (κ3) is 5.85. The van der Waals surface area contributed by atoms with Crippen molar-refractivity contribution >= 4 is 17.5 Å². The minimum Gasteiger partial charge on any atom is -0.451 e. The summed E-state index contributed by atoms with van der Waals surface area (Å²) in [4.78, 5) is 38.3. The van der Waals surface area contributed by atoms with Crippen LogP contribution in [0.15, 0.2) is 90.1 Å². The predicted octanol–water partition coefficient (Wildman–Crippen LogP) is 3.24. The van der Waals surface area contributed by atoms with Crippen LogP contribution in [0.3, 0.4) is 0 Å². The molecule has 0 aliphatic heterocycles. The van der Waals surface area contributed by atoms with Crippen LogP contribution in [0.4, 0.5) is 10.1 Å². The van der Waals surface area contributed by atoms with Crippen molar-refractivity contribution in [3.8, 4) is 5.69 Å². The van der Waals surface area contributed by atoms with Crippen molar-refractivity contribution in [2.75, 3.05) is 11.4 Å². The van der Waals surface area contributed by atoms with E-state index in [-0.39, 0.29) is 18.1 Å². The van der Waals surface area contributed by atoms with Crippen LogP contribution in [0, 0.1) is 12.7 Å². The lowest BCUT2D eigenvalue weighted by Gasteiger charge is -2.30. The number of carbonyl (C=O) groups is 2. The first-order valence-electron chi connectivity index (χ1n) is 12.0. The Labute approximate surface area is 222 Å². The lowest BCUT2D eigenvalue weighted by molar-refractivity contribution is -0.122. The van der Waals surface area contributed by atoms with Crippen LogP contribution in [0.2, 0.25) is 0 Å². The van der Waals surface area contributed by atoms with Gasteiger partial charge in [0.1, 0.15) is 18.1 Å². The van der Waals surface area contributed by atoms with E-state index in [1.807, 2.05) is 0 Å². The van der Waals surface area contributed by atoms with Gasteiger partial charge in [-0.05, 0) is 66.6 Å². The van der Waals surface area contributed by atoms with Gasteiger partial charge in [-0.1, -0.05) is 18.2 Å². The zero-order valence-corrected chi connectivity index (χ0v) is 20.8. The number of oxazole rings is 1. The second kappa shape index (κ2) is 11.4. The van der Waals surface area contributed by atoms with Gasteiger partial charge in [0.15, 0.2) is 17.9 Å². The molecule has 196 valence electrons. The quantitative estimate of drug-likeness (QED) is 0.310. The molecule has 0 radical (unpaired) electrons. The zero-order chi connectivity index (χ0) is 27.2. The van der Waals surface area contributed by atoms with Crippen LogP contribution in [-0.2, 0) is 11.2 Å². The maximum absolute atomic E-state index is 13.7. The Balaban J connectivity index is 1.49. The molecule has 2 amide bonds. The number of hydrogen-bond donors (Lipinski definition) is 1.